The molecule has 0 aromatic heterocycles. The number of nitrogens with one attached hydrogen (secondary N) is 2. The summed E-state index contributed by atoms with van der Waals surface area (Å²) in [5.41, 5.74) is 3.42. The molecular formula is C2H6N2O3. The van der Waals surface area contributed by atoms with Gasteiger partial charge in [0.15, 0.2) is 0 Å². The highest BCUT2D eigenvalue weighted by atomic mass is 16.5. The second-order valence-corrected chi connectivity index (χ2v) is 0.859. The van der Waals surface area contributed by atoms with Crippen molar-refractivity contribution in [3.05, 3.63) is 0 Å². The number of carbonyl (C=O) groups is 1. The SMILES string of the molecule is O=C(O)CNNO. The smallest absolute Gasteiger partial charge is 0.318 e. The maximum Gasteiger partial charge on any atom is 0.318 e. The van der Waals surface area contributed by atoms with E-state index in [4.69, 9.17) is 10.3 Å². The fourth-order valence-corrected chi connectivity index (χ4v) is 0.115. The largest absolute Gasteiger partial charge is 0.480 e. The number of hydrogen-bond acceptors (Lipinski definition) is 4. The third kappa shape index (κ3) is 5.35. The molecule has 0 bridgehead atoms. The van der Waals surface area contributed by atoms with Crippen molar-refractivity contribution in [1.82, 2.24) is 11.0 Å². The molecule has 0 aliphatic carbocycles. The van der Waals surface area contributed by atoms with Gasteiger partial charge in [-0.3, -0.25) is 4.79 Å². The Kier molecular flexibility index (Phi) is 3.21. The zero-order valence-corrected chi connectivity index (χ0v) is 3.51. The topological polar surface area (TPSA) is 81.6 Å². The maximum atomic E-state index is 9.54. The Bertz CT molecular complexity index is 64.0. The first kappa shape index (κ1) is 6.35. The Morgan fingerprint density at radius 1 is 1.71 bits per heavy atom. The van der Waals surface area contributed by atoms with Gasteiger partial charge >= 0.3 is 5.97 Å². The van der Waals surface area contributed by atoms with Crippen LogP contribution in [-0.4, -0.2) is 22.8 Å². The quantitative estimate of drug-likeness (QED) is 0.331. The molecule has 0 radical (unpaired) electrons. The van der Waals surface area contributed by atoms with E-state index < -0.39 is 5.97 Å². The Hall–Kier alpha value is -0.650. The lowest BCUT2D eigenvalue weighted by Gasteiger charge is -1.91. The minimum atomic E-state index is -1.03. The molecule has 5 nitrogen and oxygen atoms in total. The zero-order chi connectivity index (χ0) is 5.70. The van der Waals surface area contributed by atoms with Crippen LogP contribution < -0.4 is 11.0 Å². The summed E-state index contributed by atoms with van der Waals surface area (Å²) in [5, 5.41) is 15.5. The van der Waals surface area contributed by atoms with Crippen LogP contribution in [0.15, 0.2) is 0 Å². The van der Waals surface area contributed by atoms with E-state index in [0.29, 0.717) is 0 Å². The van der Waals surface area contributed by atoms with Crippen molar-refractivity contribution < 1.29 is 15.1 Å². The Morgan fingerprint density at radius 2 is 2.29 bits per heavy atom. The number of carboxylic acids is 1. The van der Waals surface area contributed by atoms with E-state index >= 15 is 0 Å². The first-order valence-electron chi connectivity index (χ1n) is 1.61. The molecule has 42 valence electrons. The summed E-state index contributed by atoms with van der Waals surface area (Å²) in [5.74, 6) is -1.03. The van der Waals surface area contributed by atoms with Gasteiger partial charge in [-0.1, -0.05) is 0 Å². The molecule has 0 atom stereocenters. The standard InChI is InChI=1S/C2H6N2O3/c5-2(6)1-3-4-7/h3-4,7H,1H2,(H,5,6). The molecule has 0 saturated heterocycles. The molecule has 7 heavy (non-hydrogen) atoms. The highest BCUT2D eigenvalue weighted by Crippen LogP contribution is 1.51. The predicted molar refractivity (Wildman–Crippen MR) is 20.6 cm³/mol. The number of hydrazine groups is 1. The van der Waals surface area contributed by atoms with E-state index in [1.807, 2.05) is 5.43 Å². The molecule has 5 heteroatoms. The number of hydrogen-bond donors (Lipinski definition) is 4. The van der Waals surface area contributed by atoms with Gasteiger partial charge in [-0.05, 0) is 0 Å². The fraction of sp³-hybridized carbons (Fsp3) is 0.500. The average Bonchev–Trinajstić information content (AvgIpc) is 1.61. The molecule has 0 aliphatic heterocycles. The number of carboxylic acid groups (broad SMARTS) is 1. The summed E-state index contributed by atoms with van der Waals surface area (Å²) in [4.78, 5) is 9.54. The monoisotopic (exact) mass is 106 g/mol. The van der Waals surface area contributed by atoms with E-state index in [0.717, 1.165) is 0 Å². The van der Waals surface area contributed by atoms with Gasteiger partial charge in [-0.2, -0.15) is 0 Å². The normalized spacial score (nSPS) is 8.71. The lowest BCUT2D eigenvalue weighted by Crippen LogP contribution is -2.33. The lowest BCUT2D eigenvalue weighted by atomic mass is 10.7. The predicted octanol–water partition coefficient (Wildman–Crippen LogP) is -1.45. The summed E-state index contributed by atoms with van der Waals surface area (Å²) in [6.45, 7) is -0.295. The van der Waals surface area contributed by atoms with Gasteiger partial charge in [0, 0.05) is 0 Å². The number of rotatable bonds is 3. The fourth-order valence-electron chi connectivity index (χ4n) is 0.115. The van der Waals surface area contributed by atoms with Crippen LogP contribution in [0.2, 0.25) is 0 Å². The van der Waals surface area contributed by atoms with E-state index in [1.54, 1.807) is 0 Å². The van der Waals surface area contributed by atoms with Gasteiger partial charge in [-0.15, -0.1) is 5.59 Å². The average molecular weight is 106 g/mol. The first-order chi connectivity index (χ1) is 3.27. The van der Waals surface area contributed by atoms with Crippen LogP contribution in [0.25, 0.3) is 0 Å². The Labute approximate surface area is 39.9 Å². The van der Waals surface area contributed by atoms with Crippen LogP contribution in [0, 0.1) is 0 Å². The molecule has 0 aromatic carbocycles. The Morgan fingerprint density at radius 3 is 2.43 bits per heavy atom. The molecule has 0 aliphatic rings. The minimum absolute atomic E-state index is 0.295. The van der Waals surface area contributed by atoms with E-state index in [-0.39, 0.29) is 6.54 Å². The van der Waals surface area contributed by atoms with Crippen molar-refractivity contribution in [2.45, 2.75) is 0 Å². The van der Waals surface area contributed by atoms with Gasteiger partial charge < -0.3 is 10.3 Å². The van der Waals surface area contributed by atoms with Crippen LogP contribution in [0.5, 0.6) is 0 Å². The molecule has 4 N–H and O–H groups in total. The molecule has 0 aromatic rings. The lowest BCUT2D eigenvalue weighted by molar-refractivity contribution is -0.136. The van der Waals surface area contributed by atoms with Crippen molar-refractivity contribution in [1.29, 1.82) is 0 Å². The zero-order valence-electron chi connectivity index (χ0n) is 3.51. The molecule has 0 saturated carbocycles. The third-order valence-electron chi connectivity index (χ3n) is 0.319. The highest BCUT2D eigenvalue weighted by Gasteiger charge is 1.89. The second-order valence-electron chi connectivity index (χ2n) is 0.859. The van der Waals surface area contributed by atoms with Crippen molar-refractivity contribution in [2.24, 2.45) is 0 Å². The summed E-state index contributed by atoms with van der Waals surface area (Å²) in [7, 11) is 0. The number of aliphatic carboxylic acids is 1. The van der Waals surface area contributed by atoms with Gasteiger partial charge in [0.05, 0.1) is 0 Å². The molecule has 0 amide bonds. The van der Waals surface area contributed by atoms with Gasteiger partial charge in [-0.25, -0.2) is 5.43 Å². The van der Waals surface area contributed by atoms with E-state index in [9.17, 15) is 4.79 Å². The van der Waals surface area contributed by atoms with Crippen LogP contribution in [0.4, 0.5) is 0 Å². The van der Waals surface area contributed by atoms with E-state index in [1.165, 1.54) is 5.59 Å². The summed E-state index contributed by atoms with van der Waals surface area (Å²) in [6.07, 6.45) is 0. The van der Waals surface area contributed by atoms with Crippen LogP contribution >= 0.6 is 0 Å². The highest BCUT2D eigenvalue weighted by molar-refractivity contribution is 5.68. The summed E-state index contributed by atoms with van der Waals surface area (Å²) >= 11 is 0. The second kappa shape index (κ2) is 3.54. The van der Waals surface area contributed by atoms with E-state index in [2.05, 4.69) is 0 Å². The van der Waals surface area contributed by atoms with Crippen molar-refractivity contribution in [3.63, 3.8) is 0 Å². The van der Waals surface area contributed by atoms with Gasteiger partial charge in [0.2, 0.25) is 0 Å². The molecule has 0 fully saturated rings. The maximum absolute atomic E-state index is 9.54. The molecule has 0 heterocycles. The molecule has 0 rings (SSSR count). The molecule has 0 unspecified atom stereocenters. The van der Waals surface area contributed by atoms with Crippen LogP contribution in [0.3, 0.4) is 0 Å². The minimum Gasteiger partial charge on any atom is -0.480 e. The molecule has 0 spiro atoms. The first-order valence-corrected chi connectivity index (χ1v) is 1.61. The van der Waals surface area contributed by atoms with Crippen molar-refractivity contribution in [3.8, 4) is 0 Å². The third-order valence-corrected chi connectivity index (χ3v) is 0.319. The van der Waals surface area contributed by atoms with Crippen LogP contribution in [-0.2, 0) is 4.79 Å². The van der Waals surface area contributed by atoms with Gasteiger partial charge in [0.25, 0.3) is 0 Å². The van der Waals surface area contributed by atoms with Crippen molar-refractivity contribution >= 4 is 5.97 Å². The summed E-state index contributed by atoms with van der Waals surface area (Å²) < 4.78 is 0. The van der Waals surface area contributed by atoms with Crippen molar-refractivity contribution in [2.75, 3.05) is 6.54 Å². The molecular weight excluding hydrogens is 100 g/mol. The summed E-state index contributed by atoms with van der Waals surface area (Å²) in [6, 6.07) is 0. The Balaban J connectivity index is 2.82. The van der Waals surface area contributed by atoms with Crippen LogP contribution in [0.1, 0.15) is 0 Å². The van der Waals surface area contributed by atoms with Gasteiger partial charge in [0.1, 0.15) is 6.54 Å².